The predicted octanol–water partition coefficient (Wildman–Crippen LogP) is 2.72. The Labute approximate surface area is 104 Å². The van der Waals surface area contributed by atoms with Crippen LogP contribution in [0.3, 0.4) is 0 Å². The first-order chi connectivity index (χ1) is 7.97. The number of thioether (sulfide) groups is 1. The molecule has 0 spiro atoms. The van der Waals surface area contributed by atoms with Gasteiger partial charge in [0.2, 0.25) is 5.91 Å². The van der Waals surface area contributed by atoms with Crippen LogP contribution in [0.2, 0.25) is 0 Å². The van der Waals surface area contributed by atoms with E-state index in [-0.39, 0.29) is 12.5 Å². The van der Waals surface area contributed by atoms with E-state index >= 15 is 0 Å². The predicted molar refractivity (Wildman–Crippen MR) is 65.8 cm³/mol. The highest BCUT2D eigenvalue weighted by molar-refractivity contribution is 8.00. The fourth-order valence-electron chi connectivity index (χ4n) is 1.21. The third-order valence-electron chi connectivity index (χ3n) is 1.96. The van der Waals surface area contributed by atoms with Gasteiger partial charge in [-0.3, -0.25) is 4.79 Å². The lowest BCUT2D eigenvalue weighted by molar-refractivity contribution is -0.118. The van der Waals surface area contributed by atoms with Gasteiger partial charge in [-0.2, -0.15) is 0 Å². The van der Waals surface area contributed by atoms with Gasteiger partial charge in [-0.05, 0) is 22.9 Å². The summed E-state index contributed by atoms with van der Waals surface area (Å²) < 4.78 is 25.7. The quantitative estimate of drug-likeness (QED) is 0.881. The summed E-state index contributed by atoms with van der Waals surface area (Å²) in [6.45, 7) is 4.14. The first kappa shape index (κ1) is 14.0. The van der Waals surface area contributed by atoms with Crippen LogP contribution in [0, 0.1) is 11.6 Å². The maximum Gasteiger partial charge on any atom is 0.230 e. The molecule has 2 nitrogen and oxygen atoms in total. The van der Waals surface area contributed by atoms with Gasteiger partial charge < -0.3 is 5.32 Å². The molecule has 5 heteroatoms. The molecule has 0 aliphatic rings. The molecule has 94 valence electrons. The van der Waals surface area contributed by atoms with Gasteiger partial charge in [-0.15, -0.1) is 11.8 Å². The van der Waals surface area contributed by atoms with Crippen LogP contribution >= 0.6 is 11.8 Å². The zero-order valence-corrected chi connectivity index (χ0v) is 10.6. The molecule has 0 aromatic heterocycles. The first-order valence-electron chi connectivity index (χ1n) is 5.30. The Hall–Kier alpha value is -1.10. The zero-order valence-electron chi connectivity index (χ0n) is 9.80. The minimum Gasteiger partial charge on any atom is -0.351 e. The average Bonchev–Trinajstić information content (AvgIpc) is 2.22. The minimum absolute atomic E-state index is 0.131. The second-order valence-electron chi connectivity index (χ2n) is 3.91. The standard InChI is InChI=1S/C12H15F2NOS/c1-8(2)17-7-12(16)15-6-9-3-10(13)5-11(14)4-9/h3-5,8H,6-7H2,1-2H3,(H,15,16). The van der Waals surface area contributed by atoms with Crippen molar-refractivity contribution < 1.29 is 13.6 Å². The molecule has 0 aliphatic carbocycles. The Morgan fingerprint density at radius 3 is 2.41 bits per heavy atom. The topological polar surface area (TPSA) is 29.1 Å². The van der Waals surface area contributed by atoms with E-state index in [4.69, 9.17) is 0 Å². The van der Waals surface area contributed by atoms with Crippen molar-refractivity contribution in [2.75, 3.05) is 5.75 Å². The summed E-state index contributed by atoms with van der Waals surface area (Å²) in [7, 11) is 0. The van der Waals surface area contributed by atoms with Crippen molar-refractivity contribution in [1.29, 1.82) is 0 Å². The van der Waals surface area contributed by atoms with E-state index in [1.807, 2.05) is 13.8 Å². The Bertz CT molecular complexity index is 376. The summed E-state index contributed by atoms with van der Waals surface area (Å²) in [5.41, 5.74) is 0.422. The van der Waals surface area contributed by atoms with Gasteiger partial charge in [0.05, 0.1) is 5.75 Å². The summed E-state index contributed by atoms with van der Waals surface area (Å²) >= 11 is 1.52. The van der Waals surface area contributed by atoms with Crippen LogP contribution in [0.5, 0.6) is 0 Å². The molecule has 1 aromatic carbocycles. The fraction of sp³-hybridized carbons (Fsp3) is 0.417. The summed E-state index contributed by atoms with van der Waals surface area (Å²) in [6, 6.07) is 3.22. The Kier molecular flexibility index (Phi) is 5.41. The molecule has 1 aromatic rings. The molecule has 0 fully saturated rings. The number of nitrogens with one attached hydrogen (secondary N) is 1. The summed E-state index contributed by atoms with van der Waals surface area (Å²) in [6.07, 6.45) is 0. The number of hydrogen-bond acceptors (Lipinski definition) is 2. The van der Waals surface area contributed by atoms with Gasteiger partial charge in [0.1, 0.15) is 11.6 Å². The molecule has 17 heavy (non-hydrogen) atoms. The minimum atomic E-state index is -0.634. The Morgan fingerprint density at radius 1 is 1.29 bits per heavy atom. The zero-order chi connectivity index (χ0) is 12.8. The van der Waals surface area contributed by atoms with Crippen LogP contribution in [0.4, 0.5) is 8.78 Å². The van der Waals surface area contributed by atoms with Gasteiger partial charge in [-0.25, -0.2) is 8.78 Å². The number of carbonyl (C=O) groups is 1. The molecule has 0 saturated heterocycles. The first-order valence-corrected chi connectivity index (χ1v) is 6.35. The van der Waals surface area contributed by atoms with Crippen LogP contribution in [0.25, 0.3) is 0 Å². The van der Waals surface area contributed by atoms with Gasteiger partial charge in [0.15, 0.2) is 0 Å². The number of hydrogen-bond donors (Lipinski definition) is 1. The van der Waals surface area contributed by atoms with Crippen molar-refractivity contribution in [3.8, 4) is 0 Å². The molecule has 0 atom stereocenters. The van der Waals surface area contributed by atoms with Crippen LogP contribution in [-0.2, 0) is 11.3 Å². The van der Waals surface area contributed by atoms with Crippen LogP contribution in [-0.4, -0.2) is 16.9 Å². The SMILES string of the molecule is CC(C)SCC(=O)NCc1cc(F)cc(F)c1. The number of benzene rings is 1. The smallest absolute Gasteiger partial charge is 0.230 e. The molecule has 1 N–H and O–H groups in total. The second kappa shape index (κ2) is 6.59. The Morgan fingerprint density at radius 2 is 1.88 bits per heavy atom. The molecular formula is C12H15F2NOS. The van der Waals surface area contributed by atoms with Crippen molar-refractivity contribution in [1.82, 2.24) is 5.32 Å². The maximum absolute atomic E-state index is 12.8. The van der Waals surface area contributed by atoms with Crippen molar-refractivity contribution in [2.45, 2.75) is 25.6 Å². The van der Waals surface area contributed by atoms with E-state index in [0.717, 1.165) is 6.07 Å². The highest BCUT2D eigenvalue weighted by atomic mass is 32.2. The fourth-order valence-corrected chi connectivity index (χ4v) is 1.79. The van der Waals surface area contributed by atoms with Crippen molar-refractivity contribution in [3.05, 3.63) is 35.4 Å². The third kappa shape index (κ3) is 5.68. The van der Waals surface area contributed by atoms with E-state index in [0.29, 0.717) is 16.6 Å². The number of halogens is 2. The number of amides is 1. The van der Waals surface area contributed by atoms with Gasteiger partial charge in [-0.1, -0.05) is 13.8 Å². The molecule has 1 amide bonds. The van der Waals surface area contributed by atoms with E-state index in [9.17, 15) is 13.6 Å². The van der Waals surface area contributed by atoms with Crippen molar-refractivity contribution >= 4 is 17.7 Å². The molecule has 0 heterocycles. The van der Waals surface area contributed by atoms with Crippen LogP contribution in [0.1, 0.15) is 19.4 Å². The molecule has 0 radical (unpaired) electrons. The highest BCUT2D eigenvalue weighted by Crippen LogP contribution is 2.09. The largest absolute Gasteiger partial charge is 0.351 e. The summed E-state index contributed by atoms with van der Waals surface area (Å²) in [5.74, 6) is -1.04. The molecule has 0 unspecified atom stereocenters. The van der Waals surface area contributed by atoms with E-state index < -0.39 is 11.6 Å². The highest BCUT2D eigenvalue weighted by Gasteiger charge is 2.05. The normalized spacial score (nSPS) is 10.6. The summed E-state index contributed by atoms with van der Waals surface area (Å²) in [5, 5.41) is 3.00. The molecule has 0 bridgehead atoms. The molecular weight excluding hydrogens is 244 g/mol. The van der Waals surface area contributed by atoms with Crippen molar-refractivity contribution in [3.63, 3.8) is 0 Å². The summed E-state index contributed by atoms with van der Waals surface area (Å²) in [4.78, 5) is 11.4. The number of carbonyl (C=O) groups excluding carboxylic acids is 1. The van der Waals surface area contributed by atoms with E-state index in [2.05, 4.69) is 5.32 Å². The van der Waals surface area contributed by atoms with E-state index in [1.165, 1.54) is 23.9 Å². The van der Waals surface area contributed by atoms with Crippen molar-refractivity contribution in [2.24, 2.45) is 0 Å². The third-order valence-corrected chi connectivity index (χ3v) is 3.06. The van der Waals surface area contributed by atoms with Gasteiger partial charge in [0, 0.05) is 12.6 Å². The lowest BCUT2D eigenvalue weighted by Crippen LogP contribution is -2.25. The van der Waals surface area contributed by atoms with Gasteiger partial charge in [0.25, 0.3) is 0 Å². The van der Waals surface area contributed by atoms with Gasteiger partial charge >= 0.3 is 0 Å². The molecule has 1 rings (SSSR count). The van der Waals surface area contributed by atoms with Crippen LogP contribution < -0.4 is 5.32 Å². The van der Waals surface area contributed by atoms with Crippen LogP contribution in [0.15, 0.2) is 18.2 Å². The molecule has 0 saturated carbocycles. The second-order valence-corrected chi connectivity index (χ2v) is 5.48. The average molecular weight is 259 g/mol. The maximum atomic E-state index is 12.8. The molecule has 0 aliphatic heterocycles. The lowest BCUT2D eigenvalue weighted by atomic mass is 10.2. The monoisotopic (exact) mass is 259 g/mol. The number of rotatable bonds is 5. The lowest BCUT2D eigenvalue weighted by Gasteiger charge is -2.07. The van der Waals surface area contributed by atoms with E-state index in [1.54, 1.807) is 0 Å². The Balaban J connectivity index is 2.42.